The lowest BCUT2D eigenvalue weighted by atomic mass is 10.1. The average molecular weight is 339 g/mol. The number of benzene rings is 1. The average Bonchev–Trinajstić information content (AvgIpc) is 3.18. The highest BCUT2D eigenvalue weighted by atomic mass is 79.9. The number of nitrogens with one attached hydrogen (secondary N) is 1. The second-order valence-electron chi connectivity index (χ2n) is 5.26. The van der Waals surface area contributed by atoms with Crippen molar-refractivity contribution in [2.45, 2.75) is 25.8 Å². The quantitative estimate of drug-likeness (QED) is 0.829. The second-order valence-corrected chi connectivity index (χ2v) is 6.12. The summed E-state index contributed by atoms with van der Waals surface area (Å²) in [6.07, 6.45) is 2.70. The molecule has 0 aliphatic heterocycles. The Morgan fingerprint density at radius 2 is 2.20 bits per heavy atom. The van der Waals surface area contributed by atoms with Crippen LogP contribution in [0.2, 0.25) is 0 Å². The zero-order valence-electron chi connectivity index (χ0n) is 11.8. The molecule has 1 aliphatic carbocycles. The highest BCUT2D eigenvalue weighted by Crippen LogP contribution is 2.49. The molecule has 20 heavy (non-hydrogen) atoms. The van der Waals surface area contributed by atoms with Crippen LogP contribution < -0.4 is 14.8 Å². The Kier molecular flexibility index (Phi) is 4.90. The number of halogens is 1. The topological polar surface area (TPSA) is 54.3 Å². The zero-order valence-corrected chi connectivity index (χ0v) is 13.4. The van der Waals surface area contributed by atoms with Crippen molar-refractivity contribution in [3.63, 3.8) is 0 Å². The lowest BCUT2D eigenvalue weighted by molar-refractivity contribution is 0.225. The largest absolute Gasteiger partial charge is 0.493 e. The van der Waals surface area contributed by atoms with E-state index in [2.05, 4.69) is 27.3 Å². The number of nitrogens with zero attached hydrogens (tertiary/aromatic N) is 1. The number of nitriles is 1. The Morgan fingerprint density at radius 3 is 2.75 bits per heavy atom. The third kappa shape index (κ3) is 3.44. The maximum Gasteiger partial charge on any atom is 0.175 e. The summed E-state index contributed by atoms with van der Waals surface area (Å²) in [4.78, 5) is 0. The summed E-state index contributed by atoms with van der Waals surface area (Å²) in [6.45, 7) is 1.34. The number of ether oxygens (including phenoxy) is 2. The monoisotopic (exact) mass is 338 g/mol. The van der Waals surface area contributed by atoms with Crippen molar-refractivity contribution in [2.75, 3.05) is 20.8 Å². The van der Waals surface area contributed by atoms with E-state index in [9.17, 15) is 0 Å². The second kappa shape index (κ2) is 6.47. The molecule has 0 atom stereocenters. The number of rotatable bonds is 7. The Balaban J connectivity index is 2.13. The molecule has 0 spiro atoms. The standard InChI is InChI=1S/C15H19BrN2O2/c1-18-9-11-7-12(16)14(13(8-11)19-2)20-10-15(3-4-15)5-6-17/h7-8,18H,3-5,9-10H2,1-2H3. The molecule has 1 saturated carbocycles. The van der Waals surface area contributed by atoms with Crippen molar-refractivity contribution >= 4 is 15.9 Å². The van der Waals surface area contributed by atoms with Crippen LogP contribution in [0.5, 0.6) is 11.5 Å². The van der Waals surface area contributed by atoms with Gasteiger partial charge in [0.1, 0.15) is 0 Å². The molecule has 108 valence electrons. The third-order valence-corrected chi connectivity index (χ3v) is 4.19. The van der Waals surface area contributed by atoms with Crippen molar-refractivity contribution < 1.29 is 9.47 Å². The summed E-state index contributed by atoms with van der Waals surface area (Å²) in [6, 6.07) is 6.24. The van der Waals surface area contributed by atoms with E-state index in [0.717, 1.165) is 40.9 Å². The van der Waals surface area contributed by atoms with Crippen LogP contribution in [-0.4, -0.2) is 20.8 Å². The van der Waals surface area contributed by atoms with E-state index in [0.29, 0.717) is 13.0 Å². The first-order valence-electron chi connectivity index (χ1n) is 6.65. The molecule has 1 fully saturated rings. The molecular weight excluding hydrogens is 320 g/mol. The van der Waals surface area contributed by atoms with Gasteiger partial charge in [-0.25, -0.2) is 0 Å². The lowest BCUT2D eigenvalue weighted by Gasteiger charge is -2.17. The molecule has 1 aliphatic rings. The summed E-state index contributed by atoms with van der Waals surface area (Å²) in [7, 11) is 3.55. The zero-order chi connectivity index (χ0) is 14.6. The van der Waals surface area contributed by atoms with E-state index < -0.39 is 0 Å². The van der Waals surface area contributed by atoms with Crippen molar-refractivity contribution in [3.05, 3.63) is 22.2 Å². The van der Waals surface area contributed by atoms with E-state index in [1.54, 1.807) is 7.11 Å². The first-order chi connectivity index (χ1) is 9.64. The van der Waals surface area contributed by atoms with Gasteiger partial charge in [0.05, 0.1) is 24.3 Å². The Hall–Kier alpha value is -1.25. The summed E-state index contributed by atoms with van der Waals surface area (Å²) in [5.74, 6) is 1.44. The molecule has 0 saturated heterocycles. The minimum Gasteiger partial charge on any atom is -0.493 e. The lowest BCUT2D eigenvalue weighted by Crippen LogP contribution is -2.13. The number of hydrogen-bond acceptors (Lipinski definition) is 4. The first-order valence-corrected chi connectivity index (χ1v) is 7.44. The fraction of sp³-hybridized carbons (Fsp3) is 0.533. The Labute approximate surface area is 128 Å². The number of methoxy groups -OCH3 is 1. The van der Waals surface area contributed by atoms with Gasteiger partial charge in [0, 0.05) is 18.4 Å². The van der Waals surface area contributed by atoms with Gasteiger partial charge in [-0.1, -0.05) is 0 Å². The highest BCUT2D eigenvalue weighted by molar-refractivity contribution is 9.10. The van der Waals surface area contributed by atoms with E-state index in [4.69, 9.17) is 14.7 Å². The van der Waals surface area contributed by atoms with Crippen LogP contribution in [0.25, 0.3) is 0 Å². The Morgan fingerprint density at radius 1 is 1.45 bits per heavy atom. The van der Waals surface area contributed by atoms with Crippen LogP contribution in [0, 0.1) is 16.7 Å². The first kappa shape index (κ1) is 15.1. The van der Waals surface area contributed by atoms with Crippen LogP contribution in [0.4, 0.5) is 0 Å². The molecule has 5 heteroatoms. The fourth-order valence-electron chi connectivity index (χ4n) is 2.16. The molecule has 1 aromatic carbocycles. The molecule has 0 unspecified atom stereocenters. The molecule has 1 N–H and O–H groups in total. The van der Waals surface area contributed by atoms with Gasteiger partial charge in [0.25, 0.3) is 0 Å². The maximum atomic E-state index is 8.84. The van der Waals surface area contributed by atoms with Gasteiger partial charge in [-0.2, -0.15) is 5.26 Å². The number of hydrogen-bond donors (Lipinski definition) is 1. The van der Waals surface area contributed by atoms with E-state index >= 15 is 0 Å². The molecule has 2 rings (SSSR count). The van der Waals surface area contributed by atoms with Gasteiger partial charge in [-0.15, -0.1) is 0 Å². The molecule has 4 nitrogen and oxygen atoms in total. The fourth-order valence-corrected chi connectivity index (χ4v) is 2.77. The highest BCUT2D eigenvalue weighted by Gasteiger charge is 2.43. The third-order valence-electron chi connectivity index (χ3n) is 3.60. The van der Waals surface area contributed by atoms with Gasteiger partial charge in [-0.3, -0.25) is 0 Å². The van der Waals surface area contributed by atoms with Gasteiger partial charge in [-0.05, 0) is 53.5 Å². The van der Waals surface area contributed by atoms with Gasteiger partial charge in [0.15, 0.2) is 11.5 Å². The van der Waals surface area contributed by atoms with E-state index in [-0.39, 0.29) is 5.41 Å². The van der Waals surface area contributed by atoms with Gasteiger partial charge in [0.2, 0.25) is 0 Å². The van der Waals surface area contributed by atoms with Crippen molar-refractivity contribution in [3.8, 4) is 17.6 Å². The molecule has 0 radical (unpaired) electrons. The smallest absolute Gasteiger partial charge is 0.175 e. The van der Waals surface area contributed by atoms with E-state index in [1.165, 1.54) is 0 Å². The predicted molar refractivity (Wildman–Crippen MR) is 80.8 cm³/mol. The van der Waals surface area contributed by atoms with Crippen molar-refractivity contribution in [1.82, 2.24) is 5.32 Å². The molecule has 0 heterocycles. The molecule has 1 aromatic rings. The minimum atomic E-state index is 0.0584. The van der Waals surface area contributed by atoms with Gasteiger partial charge >= 0.3 is 0 Å². The van der Waals surface area contributed by atoms with Gasteiger partial charge < -0.3 is 14.8 Å². The summed E-state index contributed by atoms with van der Waals surface area (Å²) in [5.41, 5.74) is 1.18. The van der Waals surface area contributed by atoms with Crippen LogP contribution in [0.3, 0.4) is 0 Å². The summed E-state index contributed by atoms with van der Waals surface area (Å²) in [5, 5.41) is 12.0. The molecule has 0 aromatic heterocycles. The molecular formula is C15H19BrN2O2. The SMILES string of the molecule is CNCc1cc(Br)c(OCC2(CC#N)CC2)c(OC)c1. The van der Waals surface area contributed by atoms with Crippen LogP contribution in [-0.2, 0) is 6.54 Å². The summed E-state index contributed by atoms with van der Waals surface area (Å²) < 4.78 is 12.2. The Bertz CT molecular complexity index is 521. The van der Waals surface area contributed by atoms with Crippen molar-refractivity contribution in [1.29, 1.82) is 5.26 Å². The van der Waals surface area contributed by atoms with Crippen molar-refractivity contribution in [2.24, 2.45) is 5.41 Å². The molecule has 0 bridgehead atoms. The summed E-state index contributed by atoms with van der Waals surface area (Å²) >= 11 is 3.54. The molecule has 0 amide bonds. The van der Waals surface area contributed by atoms with Crippen LogP contribution >= 0.6 is 15.9 Å². The van der Waals surface area contributed by atoms with E-state index in [1.807, 2.05) is 19.2 Å². The normalized spacial score (nSPS) is 15.5. The van der Waals surface area contributed by atoms with Crippen LogP contribution in [0.1, 0.15) is 24.8 Å². The maximum absolute atomic E-state index is 8.84. The predicted octanol–water partition coefficient (Wildman–Crippen LogP) is 3.25. The minimum absolute atomic E-state index is 0.0584. The van der Waals surface area contributed by atoms with Crippen LogP contribution in [0.15, 0.2) is 16.6 Å².